The van der Waals surface area contributed by atoms with Gasteiger partial charge in [-0.2, -0.15) is 0 Å². The predicted octanol–water partition coefficient (Wildman–Crippen LogP) is 1.96. The molecule has 1 aromatic rings. The van der Waals surface area contributed by atoms with Gasteiger partial charge in [-0.25, -0.2) is 0 Å². The molecular formula is C10H18N2OS. The zero-order valence-corrected chi connectivity index (χ0v) is 9.78. The van der Waals surface area contributed by atoms with E-state index in [1.54, 1.807) is 0 Å². The zero-order valence-electron chi connectivity index (χ0n) is 8.96. The van der Waals surface area contributed by atoms with E-state index in [2.05, 4.69) is 31.1 Å². The van der Waals surface area contributed by atoms with Crippen molar-refractivity contribution in [3.8, 4) is 0 Å². The Balaban J connectivity index is 2.30. The van der Waals surface area contributed by atoms with E-state index in [1.165, 1.54) is 11.3 Å². The van der Waals surface area contributed by atoms with E-state index in [1.807, 2.05) is 5.38 Å². The highest BCUT2D eigenvalue weighted by Crippen LogP contribution is 2.04. The third-order valence-electron chi connectivity index (χ3n) is 2.04. The lowest BCUT2D eigenvalue weighted by Crippen LogP contribution is -2.27. The van der Waals surface area contributed by atoms with Gasteiger partial charge in [0.2, 0.25) is 0 Å². The molecule has 3 nitrogen and oxygen atoms in total. The van der Waals surface area contributed by atoms with Crippen LogP contribution in [-0.2, 0) is 6.54 Å². The van der Waals surface area contributed by atoms with Crippen LogP contribution < -0.4 is 10.2 Å². The van der Waals surface area contributed by atoms with Crippen LogP contribution in [0.3, 0.4) is 0 Å². The molecule has 1 heterocycles. The van der Waals surface area contributed by atoms with Gasteiger partial charge in [0.05, 0.1) is 0 Å². The highest BCUT2D eigenvalue weighted by atomic mass is 32.1. The molecule has 0 aliphatic heterocycles. The molecule has 80 valence electrons. The second-order valence-corrected chi connectivity index (χ2v) is 4.93. The maximum atomic E-state index is 10.8. The Morgan fingerprint density at radius 1 is 1.50 bits per heavy atom. The lowest BCUT2D eigenvalue weighted by Gasteiger charge is -2.14. The molecular weight excluding hydrogens is 196 g/mol. The third-order valence-corrected chi connectivity index (χ3v) is 2.76. The van der Waals surface area contributed by atoms with Crippen LogP contribution in [0.4, 0.5) is 0 Å². The first kappa shape index (κ1) is 11.5. The highest BCUT2D eigenvalue weighted by Gasteiger charge is 2.04. The molecule has 0 aromatic carbocycles. The van der Waals surface area contributed by atoms with Crippen molar-refractivity contribution in [2.24, 2.45) is 5.92 Å². The summed E-state index contributed by atoms with van der Waals surface area (Å²) >= 11 is 1.22. The van der Waals surface area contributed by atoms with E-state index in [0.29, 0.717) is 12.0 Å². The molecule has 1 rings (SSSR count). The molecule has 1 atom stereocenters. The number of nitrogens with one attached hydrogen (secondary N) is 2. The van der Waals surface area contributed by atoms with Crippen molar-refractivity contribution in [3.05, 3.63) is 20.7 Å². The molecule has 0 saturated heterocycles. The third kappa shape index (κ3) is 4.07. The molecule has 0 bridgehead atoms. The fourth-order valence-corrected chi connectivity index (χ4v) is 2.06. The van der Waals surface area contributed by atoms with Crippen molar-refractivity contribution < 1.29 is 0 Å². The van der Waals surface area contributed by atoms with Gasteiger partial charge in [-0.15, -0.1) is 0 Å². The monoisotopic (exact) mass is 214 g/mol. The van der Waals surface area contributed by atoms with Crippen LogP contribution in [0.25, 0.3) is 0 Å². The van der Waals surface area contributed by atoms with Gasteiger partial charge < -0.3 is 10.3 Å². The Kier molecular flexibility index (Phi) is 4.35. The van der Waals surface area contributed by atoms with Crippen molar-refractivity contribution in [3.63, 3.8) is 0 Å². The molecule has 0 aliphatic rings. The topological polar surface area (TPSA) is 44.9 Å². The minimum absolute atomic E-state index is 0.0262. The molecule has 2 N–H and O–H groups in total. The molecule has 0 amide bonds. The summed E-state index contributed by atoms with van der Waals surface area (Å²) in [6, 6.07) is 0.499. The first-order valence-corrected chi connectivity index (χ1v) is 5.86. The number of aromatic amines is 1. The van der Waals surface area contributed by atoms with Crippen LogP contribution in [0.15, 0.2) is 10.2 Å². The van der Waals surface area contributed by atoms with Gasteiger partial charge in [-0.05, 0) is 19.3 Å². The molecule has 4 heteroatoms. The minimum atomic E-state index is 0.0262. The number of H-pyrrole nitrogens is 1. The van der Waals surface area contributed by atoms with E-state index < -0.39 is 0 Å². The SMILES string of the molecule is CC(C)CC(C)NCc1csc(=O)[nH]1. The lowest BCUT2D eigenvalue weighted by molar-refractivity contribution is 0.439. The highest BCUT2D eigenvalue weighted by molar-refractivity contribution is 7.07. The molecule has 0 aliphatic carbocycles. The fourth-order valence-electron chi connectivity index (χ4n) is 1.48. The number of aromatic nitrogens is 1. The molecule has 0 radical (unpaired) electrons. The van der Waals surface area contributed by atoms with E-state index in [0.717, 1.165) is 18.7 Å². The molecule has 0 fully saturated rings. The van der Waals surface area contributed by atoms with Crippen LogP contribution in [-0.4, -0.2) is 11.0 Å². The second kappa shape index (κ2) is 5.32. The summed E-state index contributed by atoms with van der Waals surface area (Å²) in [5.74, 6) is 0.707. The smallest absolute Gasteiger partial charge is 0.304 e. The summed E-state index contributed by atoms with van der Waals surface area (Å²) in [6.07, 6.45) is 1.16. The zero-order chi connectivity index (χ0) is 10.6. The minimum Gasteiger partial charge on any atom is -0.315 e. The number of thiazole rings is 1. The normalized spacial score (nSPS) is 13.4. The predicted molar refractivity (Wildman–Crippen MR) is 60.7 cm³/mol. The summed E-state index contributed by atoms with van der Waals surface area (Å²) in [6.45, 7) is 7.35. The molecule has 0 spiro atoms. The van der Waals surface area contributed by atoms with Gasteiger partial charge in [0.15, 0.2) is 0 Å². The molecule has 1 unspecified atom stereocenters. The molecule has 0 saturated carbocycles. The Bertz CT molecular complexity index is 316. The Morgan fingerprint density at radius 2 is 2.21 bits per heavy atom. The standard InChI is InChI=1S/C10H18N2OS/c1-7(2)4-8(3)11-5-9-6-14-10(13)12-9/h6-8,11H,4-5H2,1-3H3,(H,12,13). The largest absolute Gasteiger partial charge is 0.315 e. The maximum Gasteiger partial charge on any atom is 0.304 e. The Labute approximate surface area is 88.6 Å². The van der Waals surface area contributed by atoms with Crippen molar-refractivity contribution >= 4 is 11.3 Å². The van der Waals surface area contributed by atoms with Crippen molar-refractivity contribution in [2.45, 2.75) is 39.8 Å². The van der Waals surface area contributed by atoms with Crippen LogP contribution in [0.1, 0.15) is 32.9 Å². The number of rotatable bonds is 5. The summed E-state index contributed by atoms with van der Waals surface area (Å²) in [7, 11) is 0. The maximum absolute atomic E-state index is 10.8. The van der Waals surface area contributed by atoms with Gasteiger partial charge in [-0.1, -0.05) is 25.2 Å². The van der Waals surface area contributed by atoms with Gasteiger partial charge in [0, 0.05) is 23.7 Å². The van der Waals surface area contributed by atoms with Crippen LogP contribution in [0.2, 0.25) is 0 Å². The number of hydrogen-bond donors (Lipinski definition) is 2. The fraction of sp³-hybridized carbons (Fsp3) is 0.700. The van der Waals surface area contributed by atoms with Gasteiger partial charge in [0.1, 0.15) is 0 Å². The van der Waals surface area contributed by atoms with Crippen LogP contribution >= 0.6 is 11.3 Å². The summed E-state index contributed by atoms with van der Waals surface area (Å²) in [5, 5.41) is 5.25. The molecule has 14 heavy (non-hydrogen) atoms. The second-order valence-electron chi connectivity index (χ2n) is 4.08. The summed E-state index contributed by atoms with van der Waals surface area (Å²) < 4.78 is 0. The van der Waals surface area contributed by atoms with E-state index in [-0.39, 0.29) is 4.87 Å². The van der Waals surface area contributed by atoms with Crippen molar-refractivity contribution in [2.75, 3.05) is 0 Å². The van der Waals surface area contributed by atoms with Gasteiger partial charge in [0.25, 0.3) is 0 Å². The Morgan fingerprint density at radius 3 is 2.71 bits per heavy atom. The van der Waals surface area contributed by atoms with E-state index >= 15 is 0 Å². The Hall–Kier alpha value is -0.610. The van der Waals surface area contributed by atoms with Gasteiger partial charge >= 0.3 is 4.87 Å². The van der Waals surface area contributed by atoms with Crippen molar-refractivity contribution in [1.82, 2.24) is 10.3 Å². The van der Waals surface area contributed by atoms with E-state index in [4.69, 9.17) is 0 Å². The summed E-state index contributed by atoms with van der Waals surface area (Å²) in [4.78, 5) is 13.7. The van der Waals surface area contributed by atoms with Gasteiger partial charge in [-0.3, -0.25) is 4.79 Å². The molecule has 1 aromatic heterocycles. The number of hydrogen-bond acceptors (Lipinski definition) is 3. The average molecular weight is 214 g/mol. The lowest BCUT2D eigenvalue weighted by atomic mass is 10.1. The van der Waals surface area contributed by atoms with E-state index in [9.17, 15) is 4.79 Å². The average Bonchev–Trinajstić information content (AvgIpc) is 2.47. The first-order valence-electron chi connectivity index (χ1n) is 4.98. The van der Waals surface area contributed by atoms with Crippen LogP contribution in [0.5, 0.6) is 0 Å². The van der Waals surface area contributed by atoms with Crippen LogP contribution in [0, 0.1) is 5.92 Å². The summed E-state index contributed by atoms with van der Waals surface area (Å²) in [5.41, 5.74) is 0.982. The quantitative estimate of drug-likeness (QED) is 0.787. The van der Waals surface area contributed by atoms with Crippen molar-refractivity contribution in [1.29, 1.82) is 0 Å². The first-order chi connectivity index (χ1) is 6.58.